The molecule has 0 aromatic rings. The van der Waals surface area contributed by atoms with Gasteiger partial charge in [0.15, 0.2) is 0 Å². The van der Waals surface area contributed by atoms with Gasteiger partial charge in [0.2, 0.25) is 0 Å². The van der Waals surface area contributed by atoms with Crippen LogP contribution >= 0.6 is 0 Å². The fourth-order valence-electron chi connectivity index (χ4n) is 2.67. The highest BCUT2D eigenvalue weighted by atomic mass is 16.5. The third-order valence-corrected chi connectivity index (χ3v) is 4.04. The number of unbranched alkanes of at least 4 members (excludes halogenated alkanes) is 3. The largest absolute Gasteiger partial charge is 0.379 e. The van der Waals surface area contributed by atoms with E-state index in [2.05, 4.69) is 30.9 Å². The minimum Gasteiger partial charge on any atom is -0.379 e. The van der Waals surface area contributed by atoms with E-state index < -0.39 is 0 Å². The van der Waals surface area contributed by atoms with Gasteiger partial charge in [0, 0.05) is 19.6 Å². The number of morpholine rings is 1. The van der Waals surface area contributed by atoms with Gasteiger partial charge in [0.05, 0.1) is 21.1 Å². The Balaban J connectivity index is 2.22. The van der Waals surface area contributed by atoms with Crippen LogP contribution in [0.2, 0.25) is 6.32 Å². The van der Waals surface area contributed by atoms with Crippen molar-refractivity contribution in [2.45, 2.75) is 58.7 Å². The predicted molar refractivity (Wildman–Crippen MR) is 93.0 cm³/mol. The molecule has 0 atom stereocenters. The van der Waals surface area contributed by atoms with E-state index in [1.165, 1.54) is 36.8 Å². The van der Waals surface area contributed by atoms with Gasteiger partial charge in [-0.15, -0.1) is 0 Å². The maximum atomic E-state index is 5.84. The van der Waals surface area contributed by atoms with Crippen LogP contribution in [-0.4, -0.2) is 45.6 Å². The summed E-state index contributed by atoms with van der Waals surface area (Å²) in [6, 6.07) is 0. The van der Waals surface area contributed by atoms with Crippen molar-refractivity contribution >= 4 is 7.85 Å². The first-order valence-corrected chi connectivity index (χ1v) is 8.60. The van der Waals surface area contributed by atoms with Crippen LogP contribution < -0.4 is 0 Å². The van der Waals surface area contributed by atoms with Crippen LogP contribution in [-0.2, 0) is 4.74 Å². The Labute approximate surface area is 133 Å². The molecule has 0 aliphatic carbocycles. The molecular weight excluding hydrogens is 257 g/mol. The molecule has 1 aliphatic rings. The van der Waals surface area contributed by atoms with Crippen molar-refractivity contribution in [3.05, 3.63) is 23.3 Å². The molecule has 2 nitrogen and oxygen atoms in total. The third-order valence-electron chi connectivity index (χ3n) is 4.04. The summed E-state index contributed by atoms with van der Waals surface area (Å²) in [5.74, 6) is 0. The van der Waals surface area contributed by atoms with Crippen LogP contribution in [0.4, 0.5) is 0 Å². The molecule has 0 unspecified atom stereocenters. The van der Waals surface area contributed by atoms with Crippen molar-refractivity contribution in [1.82, 2.24) is 4.90 Å². The lowest BCUT2D eigenvalue weighted by Gasteiger charge is -2.26. The highest BCUT2D eigenvalue weighted by molar-refractivity contribution is 6.10. The molecule has 0 bridgehead atoms. The molecule has 1 rings (SSSR count). The number of ether oxygens (including phenoxy) is 1. The molecule has 1 saturated heterocycles. The van der Waals surface area contributed by atoms with Gasteiger partial charge in [-0.05, 0) is 32.6 Å². The second-order valence-electron chi connectivity index (χ2n) is 6.04. The van der Waals surface area contributed by atoms with Gasteiger partial charge < -0.3 is 4.74 Å². The number of hydrogen-bond acceptors (Lipinski definition) is 2. The molecule has 21 heavy (non-hydrogen) atoms. The lowest BCUT2D eigenvalue weighted by molar-refractivity contribution is 0.0422. The summed E-state index contributed by atoms with van der Waals surface area (Å²) in [7, 11) is 5.84. The van der Waals surface area contributed by atoms with E-state index in [0.29, 0.717) is 6.32 Å². The zero-order chi connectivity index (χ0) is 15.3. The van der Waals surface area contributed by atoms with Gasteiger partial charge in [-0.25, -0.2) is 0 Å². The van der Waals surface area contributed by atoms with Gasteiger partial charge in [-0.1, -0.05) is 49.4 Å². The quantitative estimate of drug-likeness (QED) is 0.340. The monoisotopic (exact) mass is 289 g/mol. The van der Waals surface area contributed by atoms with E-state index in [-0.39, 0.29) is 0 Å². The predicted octanol–water partition coefficient (Wildman–Crippen LogP) is 4.14. The lowest BCUT2D eigenvalue weighted by atomic mass is 9.92. The molecule has 0 N–H and O–H groups in total. The number of rotatable bonds is 10. The summed E-state index contributed by atoms with van der Waals surface area (Å²) < 4.78 is 5.38. The lowest BCUT2D eigenvalue weighted by Crippen LogP contribution is -2.37. The van der Waals surface area contributed by atoms with Gasteiger partial charge in [-0.2, -0.15) is 0 Å². The Morgan fingerprint density at radius 3 is 2.57 bits per heavy atom. The summed E-state index contributed by atoms with van der Waals surface area (Å²) in [4.78, 5) is 2.47. The van der Waals surface area contributed by atoms with Crippen molar-refractivity contribution in [1.29, 1.82) is 0 Å². The van der Waals surface area contributed by atoms with Gasteiger partial charge >= 0.3 is 0 Å². The second-order valence-corrected chi connectivity index (χ2v) is 6.04. The van der Waals surface area contributed by atoms with Crippen LogP contribution in [0.15, 0.2) is 23.3 Å². The Morgan fingerprint density at radius 2 is 1.90 bits per heavy atom. The molecule has 118 valence electrons. The van der Waals surface area contributed by atoms with Crippen LogP contribution in [0.3, 0.4) is 0 Å². The first-order chi connectivity index (χ1) is 10.3. The summed E-state index contributed by atoms with van der Waals surface area (Å²) in [6.07, 6.45) is 12.8. The average Bonchev–Trinajstić information content (AvgIpc) is 2.50. The Morgan fingerprint density at radius 1 is 1.14 bits per heavy atom. The van der Waals surface area contributed by atoms with Crippen molar-refractivity contribution in [2.24, 2.45) is 0 Å². The number of allylic oxidation sites excluding steroid dienone is 3. The van der Waals surface area contributed by atoms with E-state index in [9.17, 15) is 0 Å². The topological polar surface area (TPSA) is 12.5 Å². The molecule has 2 radical (unpaired) electrons. The molecule has 0 spiro atoms. The van der Waals surface area contributed by atoms with E-state index in [4.69, 9.17) is 12.6 Å². The van der Waals surface area contributed by atoms with E-state index in [1.54, 1.807) is 0 Å². The van der Waals surface area contributed by atoms with Gasteiger partial charge in [0.25, 0.3) is 0 Å². The fourth-order valence-corrected chi connectivity index (χ4v) is 2.67. The summed E-state index contributed by atoms with van der Waals surface area (Å²) in [5, 5.41) is 0. The molecule has 3 heteroatoms. The van der Waals surface area contributed by atoms with Crippen LogP contribution in [0, 0.1) is 0 Å². The van der Waals surface area contributed by atoms with Crippen molar-refractivity contribution < 1.29 is 4.74 Å². The standard InChI is InChI=1S/C18H32BNO/c1-3-4-5-6-9-18(15-19)10-7-8-17(2)16-20-11-13-21-14-12-20/h8-9H,3-7,10-16H2,1-2H3/b17-8-,18-9+. The van der Waals surface area contributed by atoms with Crippen molar-refractivity contribution in [3.63, 3.8) is 0 Å². The molecule has 0 saturated carbocycles. The Bertz CT molecular complexity index is 319. The Kier molecular flexibility index (Phi) is 10.6. The average molecular weight is 289 g/mol. The van der Waals surface area contributed by atoms with Crippen LogP contribution in [0.25, 0.3) is 0 Å². The SMILES string of the molecule is [B]C/C(=C/CCCCC)CC/C=C(/C)CN1CCOCC1. The molecule has 1 fully saturated rings. The van der Waals surface area contributed by atoms with Crippen LogP contribution in [0.5, 0.6) is 0 Å². The minimum absolute atomic E-state index is 0.711. The van der Waals surface area contributed by atoms with Crippen LogP contribution in [0.1, 0.15) is 52.4 Å². The van der Waals surface area contributed by atoms with Crippen molar-refractivity contribution in [2.75, 3.05) is 32.8 Å². The van der Waals surface area contributed by atoms with Gasteiger partial charge in [-0.3, -0.25) is 4.90 Å². The second kappa shape index (κ2) is 12.1. The van der Waals surface area contributed by atoms with Gasteiger partial charge in [0.1, 0.15) is 0 Å². The smallest absolute Gasteiger partial charge is 0.0712 e. The molecule has 1 heterocycles. The maximum Gasteiger partial charge on any atom is 0.0712 e. The molecular formula is C18H32BNO. The highest BCUT2D eigenvalue weighted by Gasteiger charge is 2.09. The third kappa shape index (κ3) is 9.16. The number of hydrogen-bond donors (Lipinski definition) is 0. The van der Waals surface area contributed by atoms with E-state index in [0.717, 1.165) is 45.7 Å². The zero-order valence-corrected chi connectivity index (χ0v) is 14.1. The van der Waals surface area contributed by atoms with E-state index in [1.807, 2.05) is 0 Å². The minimum atomic E-state index is 0.711. The summed E-state index contributed by atoms with van der Waals surface area (Å²) >= 11 is 0. The molecule has 0 aromatic heterocycles. The normalized spacial score (nSPS) is 18.2. The van der Waals surface area contributed by atoms with Crippen molar-refractivity contribution in [3.8, 4) is 0 Å². The molecule has 0 amide bonds. The molecule has 0 aromatic carbocycles. The first-order valence-electron chi connectivity index (χ1n) is 8.60. The summed E-state index contributed by atoms with van der Waals surface area (Å²) in [5.41, 5.74) is 2.89. The zero-order valence-electron chi connectivity index (χ0n) is 14.1. The molecule has 1 aliphatic heterocycles. The fraction of sp³-hybridized carbons (Fsp3) is 0.778. The van der Waals surface area contributed by atoms with E-state index >= 15 is 0 Å². The summed E-state index contributed by atoms with van der Waals surface area (Å²) in [6.45, 7) is 9.46. The Hall–Kier alpha value is -0.535. The first kappa shape index (κ1) is 18.5. The maximum absolute atomic E-state index is 5.84. The number of nitrogens with zero attached hydrogens (tertiary/aromatic N) is 1. The highest BCUT2D eigenvalue weighted by Crippen LogP contribution is 2.14.